The minimum Gasteiger partial charge on any atom is -0.436 e. The van der Waals surface area contributed by atoms with Gasteiger partial charge in [-0.25, -0.2) is 4.98 Å². The maximum absolute atomic E-state index is 13.0. The second-order valence-corrected chi connectivity index (χ2v) is 8.68. The Kier molecular flexibility index (Phi) is 5.22. The molecule has 0 radical (unpaired) electrons. The highest BCUT2D eigenvalue weighted by Crippen LogP contribution is 2.32. The maximum atomic E-state index is 13.0. The number of aromatic nitrogens is 1. The van der Waals surface area contributed by atoms with E-state index in [2.05, 4.69) is 4.98 Å². The van der Waals surface area contributed by atoms with Crippen LogP contribution in [0.3, 0.4) is 0 Å². The number of nitrogens with zero attached hydrogens (tertiary/aromatic N) is 3. The zero-order chi connectivity index (χ0) is 21.4. The number of amides is 2. The molecule has 6 heteroatoms. The Balaban J connectivity index is 1.25. The number of rotatable bonds is 4. The van der Waals surface area contributed by atoms with Crippen molar-refractivity contribution < 1.29 is 14.0 Å². The average molecular weight is 418 g/mol. The molecule has 31 heavy (non-hydrogen) atoms. The lowest BCUT2D eigenvalue weighted by Gasteiger charge is -2.25. The number of carbonyl (C=O) groups excluding carboxylic acids is 2. The second kappa shape index (κ2) is 8.17. The van der Waals surface area contributed by atoms with Gasteiger partial charge in [-0.15, -0.1) is 0 Å². The van der Waals surface area contributed by atoms with Gasteiger partial charge in [0, 0.05) is 43.2 Å². The number of hydrogen-bond donors (Lipinski definition) is 0. The van der Waals surface area contributed by atoms with Crippen LogP contribution in [-0.4, -0.2) is 52.8 Å². The summed E-state index contributed by atoms with van der Waals surface area (Å²) in [7, 11) is 1.85. The molecular weight excluding hydrogens is 390 g/mol. The highest BCUT2D eigenvalue weighted by Gasteiger charge is 2.36. The van der Waals surface area contributed by atoms with Gasteiger partial charge in [-0.1, -0.05) is 12.1 Å². The number of carbonyl (C=O) groups is 2. The van der Waals surface area contributed by atoms with Crippen LogP contribution in [0.4, 0.5) is 0 Å². The Hall–Kier alpha value is -3.15. The second-order valence-electron chi connectivity index (χ2n) is 8.68. The molecule has 1 saturated heterocycles. The third kappa shape index (κ3) is 3.82. The lowest BCUT2D eigenvalue weighted by atomic mass is 10.1. The molecule has 1 aliphatic heterocycles. The van der Waals surface area contributed by atoms with Gasteiger partial charge in [0.25, 0.3) is 5.91 Å². The zero-order valence-corrected chi connectivity index (χ0v) is 17.8. The van der Waals surface area contributed by atoms with E-state index in [0.717, 1.165) is 61.9 Å². The first kappa shape index (κ1) is 19.8. The van der Waals surface area contributed by atoms with Gasteiger partial charge in [-0.05, 0) is 68.5 Å². The van der Waals surface area contributed by atoms with Crippen molar-refractivity contribution in [3.8, 4) is 11.5 Å². The first-order valence-corrected chi connectivity index (χ1v) is 11.1. The summed E-state index contributed by atoms with van der Waals surface area (Å²) in [6.07, 6.45) is 4.74. The van der Waals surface area contributed by atoms with E-state index in [4.69, 9.17) is 4.42 Å². The summed E-state index contributed by atoms with van der Waals surface area (Å²) >= 11 is 0. The van der Waals surface area contributed by atoms with Gasteiger partial charge in [0.05, 0.1) is 0 Å². The number of likely N-dealkylation sites (tertiary alicyclic amines) is 1. The van der Waals surface area contributed by atoms with Crippen LogP contribution in [0, 0.1) is 5.92 Å². The van der Waals surface area contributed by atoms with Crippen molar-refractivity contribution in [2.24, 2.45) is 5.92 Å². The summed E-state index contributed by atoms with van der Waals surface area (Å²) in [6.45, 7) is 1.78. The molecule has 1 saturated carbocycles. The molecule has 2 amide bonds. The van der Waals surface area contributed by atoms with E-state index < -0.39 is 0 Å². The van der Waals surface area contributed by atoms with Crippen molar-refractivity contribution in [2.75, 3.05) is 20.1 Å². The van der Waals surface area contributed by atoms with Crippen molar-refractivity contribution in [2.45, 2.75) is 38.1 Å². The van der Waals surface area contributed by atoms with E-state index in [1.165, 1.54) is 0 Å². The third-order valence-electron chi connectivity index (χ3n) is 6.71. The number of fused-ring (bicyclic) bond motifs is 1. The Bertz CT molecular complexity index is 1070. The van der Waals surface area contributed by atoms with Crippen LogP contribution < -0.4 is 0 Å². The van der Waals surface area contributed by atoms with E-state index in [9.17, 15) is 9.59 Å². The summed E-state index contributed by atoms with van der Waals surface area (Å²) in [5, 5.41) is 0. The van der Waals surface area contributed by atoms with Gasteiger partial charge >= 0.3 is 0 Å². The van der Waals surface area contributed by atoms with E-state index in [0.29, 0.717) is 11.5 Å². The molecule has 2 aromatic carbocycles. The van der Waals surface area contributed by atoms with Crippen LogP contribution in [0.1, 0.15) is 42.5 Å². The fourth-order valence-corrected chi connectivity index (χ4v) is 4.85. The van der Waals surface area contributed by atoms with Crippen LogP contribution in [0.15, 0.2) is 52.9 Å². The smallest absolute Gasteiger partial charge is 0.253 e. The molecule has 2 fully saturated rings. The van der Waals surface area contributed by atoms with Gasteiger partial charge in [-0.3, -0.25) is 9.59 Å². The highest BCUT2D eigenvalue weighted by atomic mass is 16.3. The van der Waals surface area contributed by atoms with Crippen molar-refractivity contribution >= 4 is 22.9 Å². The number of oxazole rings is 1. The number of para-hydroxylation sites is 2. The molecule has 0 bridgehead atoms. The Morgan fingerprint density at radius 3 is 2.52 bits per heavy atom. The predicted molar refractivity (Wildman–Crippen MR) is 118 cm³/mol. The molecule has 6 nitrogen and oxygen atoms in total. The summed E-state index contributed by atoms with van der Waals surface area (Å²) in [4.78, 5) is 34.1. The molecule has 0 unspecified atom stereocenters. The van der Waals surface area contributed by atoms with E-state index >= 15 is 0 Å². The molecule has 160 valence electrons. The molecule has 2 aliphatic rings. The molecule has 2 atom stereocenters. The standard InChI is InChI=1S/C25H27N3O3/c1-27(20-13-12-19(16-20)25(30)28-14-4-5-15-28)24(29)18-10-8-17(9-11-18)23-26-21-6-2-3-7-22(21)31-23/h2-3,6-11,19-20H,4-5,12-16H2,1H3/t19-,20-/m1/s1. The summed E-state index contributed by atoms with van der Waals surface area (Å²) in [5.41, 5.74) is 3.04. The lowest BCUT2D eigenvalue weighted by Crippen LogP contribution is -2.37. The first-order chi connectivity index (χ1) is 15.1. The third-order valence-corrected chi connectivity index (χ3v) is 6.71. The van der Waals surface area contributed by atoms with Gasteiger partial charge < -0.3 is 14.2 Å². The fourth-order valence-electron chi connectivity index (χ4n) is 4.85. The quantitative estimate of drug-likeness (QED) is 0.633. The van der Waals surface area contributed by atoms with Crippen molar-refractivity contribution in [3.05, 3.63) is 54.1 Å². The average Bonchev–Trinajstić information content (AvgIpc) is 3.58. The highest BCUT2D eigenvalue weighted by molar-refractivity contribution is 5.95. The number of benzene rings is 2. The SMILES string of the molecule is CN(C(=O)c1ccc(-c2nc3ccccc3o2)cc1)[C@@H]1CC[C@@H](C(=O)N2CCCC2)C1. The predicted octanol–water partition coefficient (Wildman–Crippen LogP) is 4.36. The number of hydrogen-bond acceptors (Lipinski definition) is 4. The lowest BCUT2D eigenvalue weighted by molar-refractivity contribution is -0.134. The Morgan fingerprint density at radius 1 is 1.03 bits per heavy atom. The van der Waals surface area contributed by atoms with Crippen molar-refractivity contribution in [1.82, 2.24) is 14.8 Å². The molecule has 1 aliphatic carbocycles. The molecule has 0 spiro atoms. The van der Waals surface area contributed by atoms with E-state index in [-0.39, 0.29) is 23.8 Å². The summed E-state index contributed by atoms with van der Waals surface area (Å²) in [5.74, 6) is 0.874. The normalized spacial score (nSPS) is 21.0. The van der Waals surface area contributed by atoms with Crippen molar-refractivity contribution in [1.29, 1.82) is 0 Å². The Morgan fingerprint density at radius 2 is 1.77 bits per heavy atom. The largest absolute Gasteiger partial charge is 0.436 e. The molecule has 3 aromatic rings. The molecule has 0 N–H and O–H groups in total. The summed E-state index contributed by atoms with van der Waals surface area (Å²) < 4.78 is 5.82. The maximum Gasteiger partial charge on any atom is 0.253 e. The van der Waals surface area contributed by atoms with E-state index in [1.54, 1.807) is 0 Å². The van der Waals surface area contributed by atoms with E-state index in [1.807, 2.05) is 65.4 Å². The van der Waals surface area contributed by atoms with Gasteiger partial charge in [0.15, 0.2) is 5.58 Å². The molecule has 1 aromatic heterocycles. The van der Waals surface area contributed by atoms with Crippen LogP contribution in [0.25, 0.3) is 22.6 Å². The molecule has 5 rings (SSSR count). The monoisotopic (exact) mass is 417 g/mol. The summed E-state index contributed by atoms with van der Waals surface area (Å²) in [6, 6.07) is 15.2. The van der Waals surface area contributed by atoms with Crippen LogP contribution in [0.5, 0.6) is 0 Å². The van der Waals surface area contributed by atoms with Crippen molar-refractivity contribution in [3.63, 3.8) is 0 Å². The molecule has 2 heterocycles. The first-order valence-electron chi connectivity index (χ1n) is 11.1. The minimum absolute atomic E-state index is 0.0108. The Labute approximate surface area is 181 Å². The van der Waals surface area contributed by atoms with Crippen LogP contribution in [-0.2, 0) is 4.79 Å². The zero-order valence-electron chi connectivity index (χ0n) is 17.8. The van der Waals surface area contributed by atoms with Crippen LogP contribution >= 0.6 is 0 Å². The topological polar surface area (TPSA) is 66.7 Å². The fraction of sp³-hybridized carbons (Fsp3) is 0.400. The van der Waals surface area contributed by atoms with Gasteiger partial charge in [0.1, 0.15) is 5.52 Å². The van der Waals surface area contributed by atoms with Gasteiger partial charge in [-0.2, -0.15) is 0 Å². The minimum atomic E-state index is -0.0108. The van der Waals surface area contributed by atoms with Crippen LogP contribution in [0.2, 0.25) is 0 Å². The van der Waals surface area contributed by atoms with Gasteiger partial charge in [0.2, 0.25) is 11.8 Å². The molecular formula is C25H27N3O3.